The van der Waals surface area contributed by atoms with Crippen molar-refractivity contribution in [3.05, 3.63) is 65.6 Å². The number of anilines is 1. The smallest absolute Gasteiger partial charge is 0.263 e. The van der Waals surface area contributed by atoms with Crippen LogP contribution in [0.4, 0.5) is 5.82 Å². The van der Waals surface area contributed by atoms with Gasteiger partial charge in [0, 0.05) is 18.0 Å². The second-order valence-electron chi connectivity index (χ2n) is 6.99. The van der Waals surface area contributed by atoms with E-state index in [2.05, 4.69) is 42.3 Å². The van der Waals surface area contributed by atoms with E-state index in [1.807, 2.05) is 0 Å². The van der Waals surface area contributed by atoms with Crippen molar-refractivity contribution in [1.29, 1.82) is 0 Å². The van der Waals surface area contributed by atoms with E-state index in [0.717, 1.165) is 6.20 Å². The fourth-order valence-electron chi connectivity index (χ4n) is 2.96. The lowest BCUT2D eigenvalue weighted by atomic mass is 10.2. The van der Waals surface area contributed by atoms with Crippen LogP contribution in [0.25, 0.3) is 5.65 Å². The number of fused-ring (bicyclic) bond motifs is 1. The maximum atomic E-state index is 12.6. The van der Waals surface area contributed by atoms with E-state index in [4.69, 9.17) is 9.88 Å². The van der Waals surface area contributed by atoms with Gasteiger partial charge in [0.15, 0.2) is 11.4 Å². The summed E-state index contributed by atoms with van der Waals surface area (Å²) in [7, 11) is -2.85. The average Bonchev–Trinajstić information content (AvgIpc) is 3.24. The molecule has 0 aliphatic carbocycles. The lowest BCUT2D eigenvalue weighted by Gasteiger charge is -2.09. The van der Waals surface area contributed by atoms with Gasteiger partial charge in [0.25, 0.3) is 5.91 Å². The zero-order valence-electron chi connectivity index (χ0n) is 18.3. The molecule has 0 radical (unpaired) electrons. The molecule has 0 fully saturated rings. The molecule has 4 heterocycles. The van der Waals surface area contributed by atoms with Gasteiger partial charge in [0.1, 0.15) is 22.6 Å². The summed E-state index contributed by atoms with van der Waals surface area (Å²) in [6.45, 7) is 1.42. The predicted molar refractivity (Wildman–Crippen MR) is 121 cm³/mol. The van der Waals surface area contributed by atoms with Crippen molar-refractivity contribution in [2.45, 2.75) is 11.8 Å². The standard InChI is InChI=1S/C21H16N8O5S/c1-12(30)14-4-6-19-28-27-18(29(19)10-14)5-3-13-7-17(24-9-16(13)35(22,32)33)26-20(31)15-8-23-11-25-21(15)34-2/h4,6-11H,1-2H3,(H2,22,32,33)(H,24,26,31). The number of hydrogen-bond donors (Lipinski definition) is 2. The van der Waals surface area contributed by atoms with E-state index in [9.17, 15) is 18.0 Å². The van der Waals surface area contributed by atoms with Crippen molar-refractivity contribution in [2.75, 3.05) is 12.4 Å². The minimum atomic E-state index is -4.20. The van der Waals surface area contributed by atoms with E-state index >= 15 is 0 Å². The topological polar surface area (TPSA) is 184 Å². The Morgan fingerprint density at radius 1 is 1.14 bits per heavy atom. The summed E-state index contributed by atoms with van der Waals surface area (Å²) in [6.07, 6.45) is 4.97. The molecule has 4 aromatic rings. The second kappa shape index (κ2) is 9.25. The maximum Gasteiger partial charge on any atom is 0.263 e. The van der Waals surface area contributed by atoms with Gasteiger partial charge in [-0.2, -0.15) is 0 Å². The van der Waals surface area contributed by atoms with Crippen LogP contribution in [0.5, 0.6) is 5.88 Å². The van der Waals surface area contributed by atoms with Crippen LogP contribution in [0, 0.1) is 11.8 Å². The third-order valence-electron chi connectivity index (χ3n) is 4.65. The Balaban J connectivity index is 1.74. The van der Waals surface area contributed by atoms with Crippen LogP contribution in [-0.4, -0.2) is 56.8 Å². The average molecular weight is 492 g/mol. The van der Waals surface area contributed by atoms with Gasteiger partial charge in [-0.15, -0.1) is 10.2 Å². The molecule has 0 unspecified atom stereocenters. The van der Waals surface area contributed by atoms with Crippen molar-refractivity contribution in [1.82, 2.24) is 29.5 Å². The van der Waals surface area contributed by atoms with Crippen molar-refractivity contribution in [3.63, 3.8) is 0 Å². The van der Waals surface area contributed by atoms with Crippen LogP contribution in [0.1, 0.15) is 39.0 Å². The number of pyridine rings is 2. The first kappa shape index (κ1) is 23.4. The Kier molecular flexibility index (Phi) is 6.19. The van der Waals surface area contributed by atoms with Gasteiger partial charge in [0.2, 0.25) is 21.7 Å². The number of nitrogens with one attached hydrogen (secondary N) is 1. The lowest BCUT2D eigenvalue weighted by molar-refractivity contribution is 0.101. The zero-order chi connectivity index (χ0) is 25.2. The van der Waals surface area contributed by atoms with Gasteiger partial charge in [-0.3, -0.25) is 14.0 Å². The highest BCUT2D eigenvalue weighted by Crippen LogP contribution is 2.19. The molecule has 0 aliphatic heterocycles. The minimum absolute atomic E-state index is 0.0115. The molecule has 0 aliphatic rings. The molecule has 0 bridgehead atoms. The molecule has 4 aromatic heterocycles. The number of primary sulfonamides is 1. The number of nitrogens with two attached hydrogens (primary N) is 1. The Hall–Kier alpha value is -4.74. The summed E-state index contributed by atoms with van der Waals surface area (Å²) in [5, 5.41) is 15.8. The monoisotopic (exact) mass is 492 g/mol. The Morgan fingerprint density at radius 3 is 2.66 bits per heavy atom. The second-order valence-corrected chi connectivity index (χ2v) is 8.52. The van der Waals surface area contributed by atoms with E-state index in [1.54, 1.807) is 12.1 Å². The number of sulfonamides is 1. The molecule has 176 valence electrons. The highest BCUT2D eigenvalue weighted by atomic mass is 32.2. The van der Waals surface area contributed by atoms with Crippen LogP contribution < -0.4 is 15.2 Å². The van der Waals surface area contributed by atoms with Crippen molar-refractivity contribution in [2.24, 2.45) is 5.14 Å². The molecule has 4 rings (SSSR count). The molecule has 35 heavy (non-hydrogen) atoms. The van der Waals surface area contributed by atoms with Gasteiger partial charge in [0.05, 0.1) is 18.9 Å². The number of carbonyl (C=O) groups excluding carboxylic acids is 2. The van der Waals surface area contributed by atoms with Gasteiger partial charge < -0.3 is 10.1 Å². The van der Waals surface area contributed by atoms with E-state index in [1.165, 1.54) is 43.2 Å². The molecule has 0 atom stereocenters. The van der Waals surface area contributed by atoms with Crippen LogP contribution in [0.2, 0.25) is 0 Å². The molecule has 1 amide bonds. The fraction of sp³-hybridized carbons (Fsp3) is 0.0952. The van der Waals surface area contributed by atoms with Crippen molar-refractivity contribution in [3.8, 4) is 17.7 Å². The number of ketones is 1. The van der Waals surface area contributed by atoms with Gasteiger partial charge in [-0.25, -0.2) is 28.5 Å². The van der Waals surface area contributed by atoms with Crippen molar-refractivity contribution >= 4 is 33.2 Å². The number of methoxy groups -OCH3 is 1. The third-order valence-corrected chi connectivity index (χ3v) is 5.59. The number of rotatable bonds is 5. The third kappa shape index (κ3) is 4.95. The SMILES string of the molecule is COc1ncncc1C(=O)Nc1cc(C#Cc2nnc3ccc(C(C)=O)cn23)c(S(N)(=O)=O)cn1. The molecular weight excluding hydrogens is 476 g/mol. The molecule has 0 spiro atoms. The first-order valence-corrected chi connectivity index (χ1v) is 11.3. The summed E-state index contributed by atoms with van der Waals surface area (Å²) in [4.78, 5) is 35.6. The summed E-state index contributed by atoms with van der Waals surface area (Å²) in [5.74, 6) is 4.78. The molecule has 0 aromatic carbocycles. The highest BCUT2D eigenvalue weighted by molar-refractivity contribution is 7.89. The molecule has 3 N–H and O–H groups in total. The number of aromatic nitrogens is 6. The number of ether oxygens (including phenoxy) is 1. The first-order valence-electron chi connectivity index (χ1n) is 9.73. The lowest BCUT2D eigenvalue weighted by Crippen LogP contribution is -2.17. The Labute approximate surface area is 198 Å². The maximum absolute atomic E-state index is 12.6. The molecule has 0 saturated carbocycles. The van der Waals surface area contributed by atoms with Crippen LogP contribution >= 0.6 is 0 Å². The van der Waals surface area contributed by atoms with Crippen LogP contribution in [0.15, 0.2) is 48.0 Å². The number of hydrogen-bond acceptors (Lipinski definition) is 10. The van der Waals surface area contributed by atoms with E-state index in [0.29, 0.717) is 11.2 Å². The van der Waals surface area contributed by atoms with Gasteiger partial charge in [-0.1, -0.05) is 5.92 Å². The molecule has 13 nitrogen and oxygen atoms in total. The van der Waals surface area contributed by atoms with E-state index < -0.39 is 15.9 Å². The predicted octanol–water partition coefficient (Wildman–Crippen LogP) is 0.425. The first-order chi connectivity index (χ1) is 16.7. The number of Topliss-reactive ketones (excluding diaryl/α,β-unsaturated/α-hetero) is 1. The van der Waals surface area contributed by atoms with E-state index in [-0.39, 0.29) is 39.3 Å². The summed E-state index contributed by atoms with van der Waals surface area (Å²) < 4.78 is 30.7. The summed E-state index contributed by atoms with van der Waals surface area (Å²) >= 11 is 0. The summed E-state index contributed by atoms with van der Waals surface area (Å²) in [6, 6.07) is 4.45. The number of nitrogens with zero attached hydrogens (tertiary/aromatic N) is 6. The van der Waals surface area contributed by atoms with Crippen LogP contribution in [-0.2, 0) is 10.0 Å². The van der Waals surface area contributed by atoms with Crippen molar-refractivity contribution < 1.29 is 22.7 Å². The highest BCUT2D eigenvalue weighted by Gasteiger charge is 2.18. The molecule has 0 saturated heterocycles. The van der Waals surface area contributed by atoms with Crippen LogP contribution in [0.3, 0.4) is 0 Å². The Bertz CT molecular complexity index is 1650. The molecule has 14 heteroatoms. The fourth-order valence-corrected chi connectivity index (χ4v) is 3.58. The minimum Gasteiger partial charge on any atom is -0.480 e. The largest absolute Gasteiger partial charge is 0.480 e. The zero-order valence-corrected chi connectivity index (χ0v) is 19.1. The normalized spacial score (nSPS) is 10.9. The van der Waals surface area contributed by atoms with Gasteiger partial charge in [-0.05, 0) is 31.0 Å². The molecular formula is C21H16N8O5S. The van der Waals surface area contributed by atoms with Gasteiger partial charge >= 0.3 is 0 Å². The number of carbonyl (C=O) groups is 2. The summed E-state index contributed by atoms with van der Waals surface area (Å²) in [5.41, 5.74) is 0.845. The quantitative estimate of drug-likeness (QED) is 0.292. The Morgan fingerprint density at radius 2 is 1.94 bits per heavy atom. The number of amides is 1.